The zero-order chi connectivity index (χ0) is 38.7. The van der Waals surface area contributed by atoms with Gasteiger partial charge in [-0.3, -0.25) is 14.5 Å². The molecule has 2 aromatic carbocycles. The number of Topliss-reactive ketones (excluding diaryl/α,β-unsaturated/α-hetero) is 1. The molecule has 0 unspecified atom stereocenters. The van der Waals surface area contributed by atoms with Gasteiger partial charge < -0.3 is 25.5 Å². The van der Waals surface area contributed by atoms with Crippen molar-refractivity contribution in [1.29, 1.82) is 10.5 Å². The molecular formula is C39H52ClN11O3. The molecule has 54 heavy (non-hydrogen) atoms. The van der Waals surface area contributed by atoms with E-state index in [4.69, 9.17) is 10.8 Å². The Morgan fingerprint density at radius 3 is 1.70 bits per heavy atom. The van der Waals surface area contributed by atoms with Crippen molar-refractivity contribution >= 4 is 57.3 Å². The Morgan fingerprint density at radius 2 is 1.28 bits per heavy atom. The molecule has 4 atom stereocenters. The molecule has 0 spiro atoms. The molecule has 15 heteroatoms. The number of aliphatic carboxylic acids is 1. The number of benzene rings is 2. The summed E-state index contributed by atoms with van der Waals surface area (Å²) < 4.78 is 0. The lowest BCUT2D eigenvalue weighted by atomic mass is 9.86. The third-order valence-corrected chi connectivity index (χ3v) is 9.12. The monoisotopic (exact) mass is 757 g/mol. The SMILES string of the molecule is CN(C)CC(=O)O.C[C@H]1C[C@@H](CC(=O)CN(C)C)CN(c2ccc(C#N)c3ncncc23)C1.C[C@H]1C[C@@H](N)CN(c2ccc(C#N)c3ncncc23)C1.Cl. The van der Waals surface area contributed by atoms with Crippen LogP contribution in [-0.4, -0.2) is 120 Å². The van der Waals surface area contributed by atoms with E-state index in [0.29, 0.717) is 58.7 Å². The molecule has 0 amide bonds. The number of carboxylic acids is 1. The van der Waals surface area contributed by atoms with Gasteiger partial charge in [0.2, 0.25) is 0 Å². The first-order valence-electron chi connectivity index (χ1n) is 17.8. The predicted molar refractivity (Wildman–Crippen MR) is 214 cm³/mol. The summed E-state index contributed by atoms with van der Waals surface area (Å²) in [5, 5.41) is 28.4. The number of rotatable bonds is 8. The second kappa shape index (κ2) is 20.5. The van der Waals surface area contributed by atoms with Crippen molar-refractivity contribution in [2.24, 2.45) is 23.5 Å². The van der Waals surface area contributed by atoms with E-state index in [2.05, 4.69) is 55.7 Å². The van der Waals surface area contributed by atoms with E-state index in [1.54, 1.807) is 31.4 Å². The topological polar surface area (TPSA) is 192 Å². The maximum Gasteiger partial charge on any atom is 0.317 e. The third kappa shape index (κ3) is 12.0. The highest BCUT2D eigenvalue weighted by atomic mass is 35.5. The highest BCUT2D eigenvalue weighted by molar-refractivity contribution is 5.95. The van der Waals surface area contributed by atoms with Gasteiger partial charge in [0.05, 0.1) is 35.2 Å². The van der Waals surface area contributed by atoms with Crippen LogP contribution in [0.2, 0.25) is 0 Å². The van der Waals surface area contributed by atoms with Crippen LogP contribution < -0.4 is 15.5 Å². The number of nitrogens with zero attached hydrogens (tertiary/aromatic N) is 10. The van der Waals surface area contributed by atoms with E-state index in [1.807, 2.05) is 43.3 Å². The molecule has 288 valence electrons. The number of carbonyl (C=O) groups is 2. The Morgan fingerprint density at radius 1 is 0.796 bits per heavy atom. The Kier molecular flexibility index (Phi) is 16.5. The summed E-state index contributed by atoms with van der Waals surface area (Å²) in [7, 11) is 7.29. The highest BCUT2D eigenvalue weighted by Crippen LogP contribution is 2.34. The number of hydrogen-bond acceptors (Lipinski definition) is 13. The Labute approximate surface area is 324 Å². The fourth-order valence-corrected chi connectivity index (χ4v) is 7.29. The summed E-state index contributed by atoms with van der Waals surface area (Å²) in [6.45, 7) is 8.66. The number of ketones is 1. The quantitative estimate of drug-likeness (QED) is 0.260. The van der Waals surface area contributed by atoms with Crippen molar-refractivity contribution < 1.29 is 14.7 Å². The zero-order valence-electron chi connectivity index (χ0n) is 32.0. The first-order chi connectivity index (χ1) is 25.3. The van der Waals surface area contributed by atoms with Crippen LogP contribution in [0, 0.1) is 40.4 Å². The normalized spacial score (nSPS) is 19.5. The average Bonchev–Trinajstić information content (AvgIpc) is 3.09. The minimum atomic E-state index is -0.787. The molecular weight excluding hydrogens is 706 g/mol. The lowest BCUT2D eigenvalue weighted by Crippen LogP contribution is -2.46. The number of likely N-dealkylation sites (N-methyl/N-ethyl adjacent to an activating group) is 2. The molecule has 0 saturated carbocycles. The van der Waals surface area contributed by atoms with Crippen molar-refractivity contribution in [1.82, 2.24) is 29.7 Å². The second-order valence-electron chi connectivity index (χ2n) is 14.8. The molecule has 2 aromatic heterocycles. The molecule has 4 heterocycles. The van der Waals surface area contributed by atoms with E-state index < -0.39 is 5.97 Å². The van der Waals surface area contributed by atoms with Crippen LogP contribution in [0.1, 0.15) is 44.2 Å². The number of fused-ring (bicyclic) bond motifs is 2. The van der Waals surface area contributed by atoms with Crippen LogP contribution in [0.3, 0.4) is 0 Å². The summed E-state index contributed by atoms with van der Waals surface area (Å²) >= 11 is 0. The number of nitrogens with two attached hydrogens (primary N) is 1. The minimum Gasteiger partial charge on any atom is -0.480 e. The van der Waals surface area contributed by atoms with E-state index in [1.165, 1.54) is 12.7 Å². The number of aromatic nitrogens is 4. The van der Waals surface area contributed by atoms with E-state index in [0.717, 1.165) is 61.2 Å². The largest absolute Gasteiger partial charge is 0.480 e. The first kappa shape index (κ1) is 43.4. The van der Waals surface area contributed by atoms with Crippen molar-refractivity contribution in [2.45, 2.75) is 39.2 Å². The van der Waals surface area contributed by atoms with Crippen LogP contribution in [0.5, 0.6) is 0 Å². The molecule has 6 rings (SSSR count). The van der Waals surface area contributed by atoms with Crippen LogP contribution in [0.25, 0.3) is 21.8 Å². The summed E-state index contributed by atoms with van der Waals surface area (Å²) in [5.74, 6) is 0.930. The van der Waals surface area contributed by atoms with Gasteiger partial charge in [0.25, 0.3) is 0 Å². The number of nitriles is 2. The van der Waals surface area contributed by atoms with Gasteiger partial charge in [-0.1, -0.05) is 13.8 Å². The third-order valence-electron chi connectivity index (χ3n) is 9.12. The molecule has 2 fully saturated rings. The van der Waals surface area contributed by atoms with Gasteiger partial charge in [-0.05, 0) is 83.1 Å². The van der Waals surface area contributed by atoms with Crippen LogP contribution in [0.15, 0.2) is 49.3 Å². The number of hydrogen-bond donors (Lipinski definition) is 2. The predicted octanol–water partition coefficient (Wildman–Crippen LogP) is 4.21. The van der Waals surface area contributed by atoms with Crippen LogP contribution in [0.4, 0.5) is 11.4 Å². The fourth-order valence-electron chi connectivity index (χ4n) is 7.29. The maximum atomic E-state index is 12.3. The van der Waals surface area contributed by atoms with Gasteiger partial charge in [-0.2, -0.15) is 10.5 Å². The molecule has 3 N–H and O–H groups in total. The summed E-state index contributed by atoms with van der Waals surface area (Å²) in [4.78, 5) is 47.0. The van der Waals surface area contributed by atoms with E-state index >= 15 is 0 Å². The first-order valence-corrected chi connectivity index (χ1v) is 17.8. The summed E-state index contributed by atoms with van der Waals surface area (Å²) in [6, 6.07) is 12.2. The summed E-state index contributed by atoms with van der Waals surface area (Å²) in [6.07, 6.45) is 9.27. The van der Waals surface area contributed by atoms with E-state index in [9.17, 15) is 20.1 Å². The van der Waals surface area contributed by atoms with Gasteiger partial charge in [0.15, 0.2) is 0 Å². The maximum absolute atomic E-state index is 12.3. The molecule has 0 radical (unpaired) electrons. The van der Waals surface area contributed by atoms with E-state index in [-0.39, 0.29) is 25.0 Å². The van der Waals surface area contributed by atoms with Gasteiger partial charge in [0, 0.05) is 73.2 Å². The molecule has 0 aliphatic carbocycles. The molecule has 14 nitrogen and oxygen atoms in total. The lowest BCUT2D eigenvalue weighted by molar-refractivity contribution is -0.137. The standard InChI is InChI=1S/C20H25N5O.C15H17N5.C4H9NO2.ClH/c1-14-6-15(7-17(26)12-24(2)3)11-25(10-14)19-5-4-16(8-21)20-18(19)9-22-13-23-20;1-10-4-12(17)8-20(7-10)14-3-2-11(5-16)15-13(14)6-18-9-19-15;1-5(2)3-4(6)7;/h4-5,9,13-15H,6-7,10-12H2,1-3H3;2-3,6,9-10,12H,4,7-8,17H2,1H3;3H2,1-2H3,(H,6,7);1H/t14-,15-;10-,12+;;/m00../s1. The van der Waals surface area contributed by atoms with Crippen LogP contribution in [-0.2, 0) is 9.59 Å². The number of piperidine rings is 2. The minimum absolute atomic E-state index is 0. The number of anilines is 2. The Balaban J connectivity index is 0.000000248. The van der Waals surface area contributed by atoms with Crippen molar-refractivity contribution in [3.8, 4) is 12.1 Å². The molecule has 0 bridgehead atoms. The lowest BCUT2D eigenvalue weighted by Gasteiger charge is -2.38. The van der Waals surface area contributed by atoms with Gasteiger partial charge in [-0.25, -0.2) is 19.9 Å². The van der Waals surface area contributed by atoms with Gasteiger partial charge in [0.1, 0.15) is 30.6 Å². The molecule has 4 aromatic rings. The molecule has 2 aliphatic heterocycles. The zero-order valence-corrected chi connectivity index (χ0v) is 32.8. The summed E-state index contributed by atoms with van der Waals surface area (Å²) in [5.41, 5.74) is 10.8. The van der Waals surface area contributed by atoms with Crippen LogP contribution >= 0.6 is 12.4 Å². The Bertz CT molecular complexity index is 1950. The Hall–Kier alpha value is -4.99. The second-order valence-corrected chi connectivity index (χ2v) is 14.8. The average molecular weight is 758 g/mol. The number of carbonyl (C=O) groups excluding carboxylic acids is 1. The van der Waals surface area contributed by atoms with Crippen molar-refractivity contribution in [2.75, 3.05) is 77.3 Å². The van der Waals surface area contributed by atoms with Gasteiger partial charge >= 0.3 is 5.97 Å². The molecule has 2 saturated heterocycles. The van der Waals surface area contributed by atoms with Crippen molar-refractivity contribution in [3.05, 3.63) is 60.4 Å². The number of carboxylic acid groups (broad SMARTS) is 1. The highest BCUT2D eigenvalue weighted by Gasteiger charge is 2.28. The van der Waals surface area contributed by atoms with Gasteiger partial charge in [-0.15, -0.1) is 12.4 Å². The number of halogens is 1. The smallest absolute Gasteiger partial charge is 0.317 e. The molecule has 2 aliphatic rings. The van der Waals surface area contributed by atoms with Crippen molar-refractivity contribution in [3.63, 3.8) is 0 Å². The fraction of sp³-hybridized carbons (Fsp3) is 0.487.